The van der Waals surface area contributed by atoms with E-state index < -0.39 is 48.7 Å². The van der Waals surface area contributed by atoms with Crippen molar-refractivity contribution in [3.63, 3.8) is 0 Å². The van der Waals surface area contributed by atoms with Gasteiger partial charge in [-0.3, -0.25) is 14.5 Å². The average molecular weight is 427 g/mol. The van der Waals surface area contributed by atoms with E-state index in [9.17, 15) is 19.8 Å². The lowest BCUT2D eigenvalue weighted by Gasteiger charge is -2.48. The standard InChI is InChI=1S/C22H21NO8/c1-28-12-8-6-11(7-9-12)22-29-10-15-18(31-22)17(24)16(21(27)30-15)23-19(25)13-4-2-3-5-14(13)20(23)26/h2-9,15-18,21-22,24,27H,10H2,1H3/t15-,16-,17-,18-,21-,22?/m1/s1. The number of fused-ring (bicyclic) bond motifs is 2. The van der Waals surface area contributed by atoms with E-state index in [1.165, 1.54) is 12.1 Å². The Morgan fingerprint density at radius 3 is 2.23 bits per heavy atom. The molecule has 6 atom stereocenters. The number of hydrogen-bond acceptors (Lipinski definition) is 8. The molecule has 0 bridgehead atoms. The minimum Gasteiger partial charge on any atom is -0.497 e. The van der Waals surface area contributed by atoms with E-state index in [0.29, 0.717) is 11.3 Å². The van der Waals surface area contributed by atoms with E-state index in [0.717, 1.165) is 4.90 Å². The second-order valence-electron chi connectivity index (χ2n) is 7.61. The first-order chi connectivity index (χ1) is 15.0. The molecule has 1 unspecified atom stereocenters. The Kier molecular flexibility index (Phi) is 4.99. The van der Waals surface area contributed by atoms with E-state index in [2.05, 4.69) is 0 Å². The molecule has 162 valence electrons. The molecule has 0 radical (unpaired) electrons. The number of aliphatic hydroxyl groups excluding tert-OH is 2. The van der Waals surface area contributed by atoms with Gasteiger partial charge in [0.15, 0.2) is 12.6 Å². The molecular formula is C22H21NO8. The quantitative estimate of drug-likeness (QED) is 0.693. The first-order valence-electron chi connectivity index (χ1n) is 9.89. The Balaban J connectivity index is 1.39. The first-order valence-corrected chi connectivity index (χ1v) is 9.89. The van der Waals surface area contributed by atoms with Crippen molar-refractivity contribution in [3.8, 4) is 5.75 Å². The molecule has 2 saturated heterocycles. The lowest BCUT2D eigenvalue weighted by atomic mass is 9.94. The molecule has 5 rings (SSSR count). The number of imide groups is 1. The number of nitrogens with zero attached hydrogens (tertiary/aromatic N) is 1. The number of amides is 2. The Morgan fingerprint density at radius 2 is 1.61 bits per heavy atom. The summed E-state index contributed by atoms with van der Waals surface area (Å²) in [5.41, 5.74) is 1.14. The van der Waals surface area contributed by atoms with Gasteiger partial charge in [-0.2, -0.15) is 0 Å². The summed E-state index contributed by atoms with van der Waals surface area (Å²) >= 11 is 0. The second kappa shape index (κ2) is 7.70. The highest BCUT2D eigenvalue weighted by molar-refractivity contribution is 6.21. The highest BCUT2D eigenvalue weighted by Crippen LogP contribution is 2.37. The predicted molar refractivity (Wildman–Crippen MR) is 104 cm³/mol. The van der Waals surface area contributed by atoms with Gasteiger partial charge in [0.05, 0.1) is 24.8 Å². The summed E-state index contributed by atoms with van der Waals surface area (Å²) in [6.45, 7) is 0.0598. The monoisotopic (exact) mass is 427 g/mol. The maximum Gasteiger partial charge on any atom is 0.262 e. The number of hydrogen-bond donors (Lipinski definition) is 2. The van der Waals surface area contributed by atoms with Crippen LogP contribution in [0.4, 0.5) is 0 Å². The molecular weight excluding hydrogens is 406 g/mol. The molecule has 2 aromatic carbocycles. The molecule has 3 heterocycles. The summed E-state index contributed by atoms with van der Waals surface area (Å²) in [6, 6.07) is 12.1. The molecule has 0 aliphatic carbocycles. The largest absolute Gasteiger partial charge is 0.497 e. The third kappa shape index (κ3) is 3.22. The molecule has 2 aromatic rings. The van der Waals surface area contributed by atoms with Crippen LogP contribution in [0.15, 0.2) is 48.5 Å². The van der Waals surface area contributed by atoms with Crippen molar-refractivity contribution in [2.45, 2.75) is 36.9 Å². The van der Waals surface area contributed by atoms with Crippen LogP contribution in [0, 0.1) is 0 Å². The van der Waals surface area contributed by atoms with Crippen LogP contribution < -0.4 is 4.74 Å². The van der Waals surface area contributed by atoms with Crippen molar-refractivity contribution in [2.75, 3.05) is 13.7 Å². The molecule has 2 N–H and O–H groups in total. The van der Waals surface area contributed by atoms with Crippen molar-refractivity contribution < 1.29 is 38.7 Å². The molecule has 0 aromatic heterocycles. The molecule has 3 aliphatic heterocycles. The minimum atomic E-state index is -1.58. The summed E-state index contributed by atoms with van der Waals surface area (Å²) in [5.74, 6) is -0.513. The van der Waals surface area contributed by atoms with Gasteiger partial charge in [-0.25, -0.2) is 0 Å². The zero-order valence-corrected chi connectivity index (χ0v) is 16.6. The van der Waals surface area contributed by atoms with E-state index in [-0.39, 0.29) is 17.7 Å². The van der Waals surface area contributed by atoms with Crippen LogP contribution >= 0.6 is 0 Å². The predicted octanol–water partition coefficient (Wildman–Crippen LogP) is 0.852. The van der Waals surface area contributed by atoms with E-state index in [4.69, 9.17) is 18.9 Å². The van der Waals surface area contributed by atoms with Gasteiger partial charge in [-0.15, -0.1) is 0 Å². The fourth-order valence-electron chi connectivity index (χ4n) is 4.28. The number of benzene rings is 2. The summed E-state index contributed by atoms with van der Waals surface area (Å²) < 4.78 is 22.4. The summed E-state index contributed by atoms with van der Waals surface area (Å²) in [4.78, 5) is 26.6. The average Bonchev–Trinajstić information content (AvgIpc) is 3.04. The van der Waals surface area contributed by atoms with Gasteiger partial charge >= 0.3 is 0 Å². The van der Waals surface area contributed by atoms with Crippen molar-refractivity contribution >= 4 is 11.8 Å². The number of carbonyl (C=O) groups is 2. The maximum absolute atomic E-state index is 12.9. The normalized spacial score (nSPS) is 32.5. The Morgan fingerprint density at radius 1 is 0.968 bits per heavy atom. The van der Waals surface area contributed by atoms with Gasteiger partial charge < -0.3 is 29.2 Å². The van der Waals surface area contributed by atoms with Gasteiger partial charge in [0.2, 0.25) is 0 Å². The fourth-order valence-corrected chi connectivity index (χ4v) is 4.28. The van der Waals surface area contributed by atoms with Crippen LogP contribution in [0.25, 0.3) is 0 Å². The van der Waals surface area contributed by atoms with Crippen LogP contribution in [0.2, 0.25) is 0 Å². The van der Waals surface area contributed by atoms with Gasteiger partial charge in [0, 0.05) is 5.56 Å². The molecule has 2 amide bonds. The van der Waals surface area contributed by atoms with Gasteiger partial charge in [-0.1, -0.05) is 24.3 Å². The van der Waals surface area contributed by atoms with Crippen molar-refractivity contribution in [1.82, 2.24) is 4.90 Å². The fraction of sp³-hybridized carbons (Fsp3) is 0.364. The molecule has 0 spiro atoms. The second-order valence-corrected chi connectivity index (χ2v) is 7.61. The summed E-state index contributed by atoms with van der Waals surface area (Å²) in [5, 5.41) is 21.6. The molecule has 9 heteroatoms. The highest BCUT2D eigenvalue weighted by atomic mass is 16.7. The van der Waals surface area contributed by atoms with Crippen LogP contribution in [0.5, 0.6) is 5.75 Å². The van der Waals surface area contributed by atoms with Crippen molar-refractivity contribution in [1.29, 1.82) is 0 Å². The lowest BCUT2D eigenvalue weighted by molar-refractivity contribution is -0.342. The third-order valence-corrected chi connectivity index (χ3v) is 5.86. The van der Waals surface area contributed by atoms with E-state index >= 15 is 0 Å². The SMILES string of the molecule is COc1ccc(C2OC[C@H]3O[C@@H](O)[C@H](N4C(=O)c5ccccc5C4=O)[C@@H](O)[C@@H]3O2)cc1. The highest BCUT2D eigenvalue weighted by Gasteiger charge is 2.55. The minimum absolute atomic E-state index is 0.0598. The third-order valence-electron chi connectivity index (χ3n) is 5.86. The number of ether oxygens (including phenoxy) is 4. The molecule has 0 saturated carbocycles. The Bertz CT molecular complexity index is 974. The maximum atomic E-state index is 12.9. The zero-order valence-electron chi connectivity index (χ0n) is 16.6. The number of rotatable bonds is 3. The van der Waals surface area contributed by atoms with Crippen LogP contribution in [0.1, 0.15) is 32.6 Å². The topological polar surface area (TPSA) is 115 Å². The molecule has 2 fully saturated rings. The molecule has 3 aliphatic rings. The number of methoxy groups -OCH3 is 1. The van der Waals surface area contributed by atoms with E-state index in [1.807, 2.05) is 0 Å². The van der Waals surface area contributed by atoms with Gasteiger partial charge in [0.1, 0.15) is 30.1 Å². The van der Waals surface area contributed by atoms with Crippen LogP contribution in [-0.4, -0.2) is 71.3 Å². The Labute approximate surface area is 177 Å². The molecule has 9 nitrogen and oxygen atoms in total. The van der Waals surface area contributed by atoms with Crippen molar-refractivity contribution in [3.05, 3.63) is 65.2 Å². The Hall–Kier alpha value is -2.82. The first kappa shape index (κ1) is 20.1. The van der Waals surface area contributed by atoms with E-state index in [1.54, 1.807) is 43.5 Å². The van der Waals surface area contributed by atoms with Gasteiger partial charge in [-0.05, 0) is 24.3 Å². The summed E-state index contributed by atoms with van der Waals surface area (Å²) in [6.07, 6.45) is -5.42. The van der Waals surface area contributed by atoms with Crippen molar-refractivity contribution in [2.24, 2.45) is 0 Å². The zero-order chi connectivity index (χ0) is 21.7. The number of carbonyl (C=O) groups excluding carboxylic acids is 2. The van der Waals surface area contributed by atoms with Crippen LogP contribution in [-0.2, 0) is 14.2 Å². The smallest absolute Gasteiger partial charge is 0.262 e. The number of aliphatic hydroxyl groups is 2. The van der Waals surface area contributed by atoms with Gasteiger partial charge in [0.25, 0.3) is 11.8 Å². The summed E-state index contributed by atoms with van der Waals surface area (Å²) in [7, 11) is 1.56. The van der Waals surface area contributed by atoms with Crippen LogP contribution in [0.3, 0.4) is 0 Å². The lowest BCUT2D eigenvalue weighted by Crippen LogP contribution is -2.67. The molecule has 31 heavy (non-hydrogen) atoms.